The summed E-state index contributed by atoms with van der Waals surface area (Å²) in [4.78, 5) is 14.4. The third-order valence-electron chi connectivity index (χ3n) is 3.39. The van der Waals surface area contributed by atoms with Gasteiger partial charge in [-0.3, -0.25) is 0 Å². The zero-order valence-electron chi connectivity index (χ0n) is 10.4. The van der Waals surface area contributed by atoms with Gasteiger partial charge in [0, 0.05) is 6.07 Å². The highest BCUT2D eigenvalue weighted by Gasteiger charge is 2.51. The maximum absolute atomic E-state index is 14.0. The normalized spacial score (nSPS) is 18.4. The number of ether oxygens (including phenoxy) is 3. The molecule has 0 amide bonds. The SMILES string of the molecule is COc1c(F)cc2c(c1C1(N=C=O)CC1)OCCO2. The van der Waals surface area contributed by atoms with E-state index in [1.54, 1.807) is 6.08 Å². The molecule has 0 saturated heterocycles. The topological polar surface area (TPSA) is 57.1 Å². The third-order valence-corrected chi connectivity index (χ3v) is 3.39. The average Bonchev–Trinajstić information content (AvgIpc) is 3.18. The molecule has 0 radical (unpaired) electrons. The Morgan fingerprint density at radius 3 is 2.79 bits per heavy atom. The van der Waals surface area contributed by atoms with Gasteiger partial charge < -0.3 is 14.2 Å². The number of aliphatic imine (C=N–C) groups is 1. The molecule has 0 bridgehead atoms. The second-order valence-corrected chi connectivity index (χ2v) is 4.53. The maximum atomic E-state index is 14.0. The zero-order chi connectivity index (χ0) is 13.5. The molecule has 1 aliphatic heterocycles. The molecule has 0 spiro atoms. The fraction of sp³-hybridized carbons (Fsp3) is 0.462. The van der Waals surface area contributed by atoms with Crippen molar-refractivity contribution in [3.05, 3.63) is 17.4 Å². The highest BCUT2D eigenvalue weighted by Crippen LogP contribution is 2.58. The molecule has 1 saturated carbocycles. The molecule has 5 nitrogen and oxygen atoms in total. The van der Waals surface area contributed by atoms with Crippen LogP contribution in [0.1, 0.15) is 18.4 Å². The summed E-state index contributed by atoms with van der Waals surface area (Å²) in [6.07, 6.45) is 2.82. The Kier molecular flexibility index (Phi) is 2.68. The fourth-order valence-electron chi connectivity index (χ4n) is 2.38. The Labute approximate surface area is 109 Å². The molecule has 0 atom stereocenters. The van der Waals surface area contributed by atoms with Gasteiger partial charge in [0.15, 0.2) is 23.1 Å². The lowest BCUT2D eigenvalue weighted by atomic mass is 10.0. The van der Waals surface area contributed by atoms with Crippen molar-refractivity contribution in [3.8, 4) is 17.2 Å². The van der Waals surface area contributed by atoms with Crippen molar-refractivity contribution < 1.29 is 23.4 Å². The van der Waals surface area contributed by atoms with E-state index < -0.39 is 11.4 Å². The van der Waals surface area contributed by atoms with Crippen molar-refractivity contribution in [2.45, 2.75) is 18.4 Å². The number of nitrogens with zero attached hydrogens (tertiary/aromatic N) is 1. The summed E-state index contributed by atoms with van der Waals surface area (Å²) in [6.45, 7) is 0.734. The van der Waals surface area contributed by atoms with Crippen molar-refractivity contribution in [2.75, 3.05) is 20.3 Å². The van der Waals surface area contributed by atoms with Gasteiger partial charge >= 0.3 is 0 Å². The molecular weight excluding hydrogens is 253 g/mol. The van der Waals surface area contributed by atoms with Gasteiger partial charge in [0.2, 0.25) is 6.08 Å². The number of benzene rings is 1. The number of fused-ring (bicyclic) bond motifs is 1. The fourth-order valence-corrected chi connectivity index (χ4v) is 2.38. The summed E-state index contributed by atoms with van der Waals surface area (Å²) in [5.41, 5.74) is -0.326. The van der Waals surface area contributed by atoms with Gasteiger partial charge in [0.05, 0.1) is 12.7 Å². The standard InChI is InChI=1S/C13H12FNO4/c1-17-11-8(14)6-9-12(19-5-4-18-9)10(11)13(2-3-13)15-7-16/h6H,2-5H2,1H3. The minimum absolute atomic E-state index is 0.0563. The summed E-state index contributed by atoms with van der Waals surface area (Å²) < 4.78 is 30.1. The average molecular weight is 265 g/mol. The Morgan fingerprint density at radius 1 is 1.42 bits per heavy atom. The second-order valence-electron chi connectivity index (χ2n) is 4.53. The molecule has 100 valence electrons. The molecule has 1 aliphatic carbocycles. The van der Waals surface area contributed by atoms with Crippen LogP contribution in [-0.2, 0) is 10.3 Å². The number of hydrogen-bond acceptors (Lipinski definition) is 5. The highest BCUT2D eigenvalue weighted by molar-refractivity contribution is 5.61. The highest BCUT2D eigenvalue weighted by atomic mass is 19.1. The minimum Gasteiger partial charge on any atom is -0.493 e. The summed E-state index contributed by atoms with van der Waals surface area (Å²) in [7, 11) is 1.37. The van der Waals surface area contributed by atoms with E-state index >= 15 is 0 Å². The van der Waals surface area contributed by atoms with Gasteiger partial charge in [0.1, 0.15) is 18.8 Å². The first kappa shape index (κ1) is 12.0. The molecule has 0 N–H and O–H groups in total. The zero-order valence-corrected chi connectivity index (χ0v) is 10.4. The van der Waals surface area contributed by atoms with Crippen LogP contribution in [0.5, 0.6) is 17.2 Å². The lowest BCUT2D eigenvalue weighted by Gasteiger charge is -2.25. The number of carbonyl (C=O) groups excluding carboxylic acids is 1. The Morgan fingerprint density at radius 2 is 2.16 bits per heavy atom. The van der Waals surface area contributed by atoms with E-state index in [2.05, 4.69) is 4.99 Å². The molecule has 2 aliphatic rings. The largest absolute Gasteiger partial charge is 0.493 e. The summed E-state index contributed by atoms with van der Waals surface area (Å²) in [5.74, 6) is 0.253. The lowest BCUT2D eigenvalue weighted by molar-refractivity contribution is 0.166. The van der Waals surface area contributed by atoms with Crippen molar-refractivity contribution in [1.29, 1.82) is 0 Å². The van der Waals surface area contributed by atoms with Crippen LogP contribution in [0.2, 0.25) is 0 Å². The number of methoxy groups -OCH3 is 1. The number of hydrogen-bond donors (Lipinski definition) is 0. The van der Waals surface area contributed by atoms with Crippen molar-refractivity contribution >= 4 is 6.08 Å². The van der Waals surface area contributed by atoms with Gasteiger partial charge in [-0.05, 0) is 12.8 Å². The van der Waals surface area contributed by atoms with Crippen LogP contribution in [0.4, 0.5) is 4.39 Å². The van der Waals surface area contributed by atoms with Crippen LogP contribution >= 0.6 is 0 Å². The molecule has 0 aromatic heterocycles. The van der Waals surface area contributed by atoms with Gasteiger partial charge in [-0.15, -0.1) is 0 Å². The van der Waals surface area contributed by atoms with E-state index in [0.29, 0.717) is 43.1 Å². The first-order valence-corrected chi connectivity index (χ1v) is 5.97. The second kappa shape index (κ2) is 4.24. The molecule has 1 heterocycles. The monoisotopic (exact) mass is 265 g/mol. The van der Waals surface area contributed by atoms with E-state index in [1.807, 2.05) is 0 Å². The number of rotatable bonds is 3. The van der Waals surface area contributed by atoms with Crippen LogP contribution in [-0.4, -0.2) is 26.4 Å². The first-order chi connectivity index (χ1) is 9.22. The summed E-state index contributed by atoms with van der Waals surface area (Å²) in [5, 5.41) is 0. The summed E-state index contributed by atoms with van der Waals surface area (Å²) in [6, 6.07) is 1.23. The summed E-state index contributed by atoms with van der Waals surface area (Å²) >= 11 is 0. The van der Waals surface area contributed by atoms with Gasteiger partial charge in [0.25, 0.3) is 0 Å². The van der Waals surface area contributed by atoms with Crippen molar-refractivity contribution in [2.24, 2.45) is 4.99 Å². The molecule has 6 heteroatoms. The lowest BCUT2D eigenvalue weighted by Crippen LogP contribution is -2.20. The van der Waals surface area contributed by atoms with E-state index in [-0.39, 0.29) is 5.75 Å². The molecule has 1 aromatic carbocycles. The van der Waals surface area contributed by atoms with Crippen LogP contribution in [0.3, 0.4) is 0 Å². The van der Waals surface area contributed by atoms with Crippen molar-refractivity contribution in [3.63, 3.8) is 0 Å². The Bertz CT molecular complexity index is 576. The quantitative estimate of drug-likeness (QED) is 0.619. The van der Waals surface area contributed by atoms with E-state index in [1.165, 1.54) is 13.2 Å². The third kappa shape index (κ3) is 1.76. The predicted octanol–water partition coefficient (Wildman–Crippen LogP) is 1.93. The molecule has 1 aromatic rings. The van der Waals surface area contributed by atoms with Crippen LogP contribution in [0, 0.1) is 5.82 Å². The van der Waals surface area contributed by atoms with Crippen LogP contribution in [0.25, 0.3) is 0 Å². The number of halogens is 1. The Balaban J connectivity index is 2.25. The number of isocyanates is 1. The van der Waals surface area contributed by atoms with E-state index in [0.717, 1.165) is 0 Å². The first-order valence-electron chi connectivity index (χ1n) is 5.97. The van der Waals surface area contributed by atoms with E-state index in [9.17, 15) is 9.18 Å². The van der Waals surface area contributed by atoms with Crippen LogP contribution in [0.15, 0.2) is 11.1 Å². The maximum Gasteiger partial charge on any atom is 0.235 e. The predicted molar refractivity (Wildman–Crippen MR) is 63.0 cm³/mol. The molecule has 0 unspecified atom stereocenters. The molecule has 19 heavy (non-hydrogen) atoms. The van der Waals surface area contributed by atoms with E-state index in [4.69, 9.17) is 14.2 Å². The van der Waals surface area contributed by atoms with Gasteiger partial charge in [-0.1, -0.05) is 0 Å². The molecular formula is C13H12FNO4. The van der Waals surface area contributed by atoms with Crippen LogP contribution < -0.4 is 14.2 Å². The minimum atomic E-state index is -0.778. The van der Waals surface area contributed by atoms with Crippen molar-refractivity contribution in [1.82, 2.24) is 0 Å². The Hall–Kier alpha value is -2.07. The van der Waals surface area contributed by atoms with Gasteiger partial charge in [-0.2, -0.15) is 4.99 Å². The molecule has 1 fully saturated rings. The smallest absolute Gasteiger partial charge is 0.235 e. The van der Waals surface area contributed by atoms with Gasteiger partial charge in [-0.25, -0.2) is 9.18 Å². The molecule has 3 rings (SSSR count).